The van der Waals surface area contributed by atoms with Gasteiger partial charge in [0.2, 0.25) is 11.8 Å². The molecule has 0 radical (unpaired) electrons. The Morgan fingerprint density at radius 3 is 2.28 bits per heavy atom. The zero-order chi connectivity index (χ0) is 20.8. The largest absolute Gasteiger partial charge is 0.394 e. The summed E-state index contributed by atoms with van der Waals surface area (Å²) in [7, 11) is 1.47. The van der Waals surface area contributed by atoms with Crippen molar-refractivity contribution in [3.8, 4) is 11.1 Å². The van der Waals surface area contributed by atoms with E-state index < -0.39 is 0 Å². The van der Waals surface area contributed by atoms with Gasteiger partial charge in [-0.25, -0.2) is 0 Å². The lowest BCUT2D eigenvalue weighted by Gasteiger charge is -2.55. The molecule has 154 valence electrons. The summed E-state index contributed by atoms with van der Waals surface area (Å²) in [6.45, 7) is 2.00. The second-order valence-corrected chi connectivity index (χ2v) is 7.22. The maximum atomic E-state index is 12.4. The van der Waals surface area contributed by atoms with E-state index in [2.05, 4.69) is 29.6 Å². The number of nitrogens with one attached hydrogen (secondary N) is 1. The maximum Gasteiger partial charge on any atom is 0.246 e. The Morgan fingerprint density at radius 1 is 1.03 bits per heavy atom. The quantitative estimate of drug-likeness (QED) is 0.717. The van der Waals surface area contributed by atoms with Crippen LogP contribution in [-0.2, 0) is 14.3 Å². The summed E-state index contributed by atoms with van der Waals surface area (Å²) in [4.78, 5) is 26.0. The number of ether oxygens (including phenoxy) is 1. The second kappa shape index (κ2) is 9.67. The molecule has 1 aliphatic heterocycles. The molecule has 1 fully saturated rings. The molecule has 0 bridgehead atoms. The minimum absolute atomic E-state index is 0.0195. The van der Waals surface area contributed by atoms with Gasteiger partial charge < -0.3 is 20.1 Å². The van der Waals surface area contributed by atoms with Crippen LogP contribution in [0.3, 0.4) is 0 Å². The third-order valence-electron chi connectivity index (χ3n) is 5.51. The maximum absolute atomic E-state index is 12.4. The second-order valence-electron chi connectivity index (χ2n) is 7.22. The summed E-state index contributed by atoms with van der Waals surface area (Å²) in [6.07, 6.45) is 0.360. The molecule has 2 N–H and O–H groups in total. The highest BCUT2D eigenvalue weighted by Gasteiger charge is 2.50. The van der Waals surface area contributed by atoms with Crippen LogP contribution in [-0.4, -0.2) is 60.8 Å². The molecular formula is C23H28N2O4. The number of methoxy groups -OCH3 is 1. The first-order valence-electron chi connectivity index (χ1n) is 9.93. The van der Waals surface area contributed by atoms with Crippen molar-refractivity contribution in [2.45, 2.75) is 31.3 Å². The first kappa shape index (κ1) is 21.0. The number of carbonyl (C=O) groups excluding carboxylic acids is 2. The molecule has 0 spiro atoms. The normalized spacial score (nSPS) is 20.8. The van der Waals surface area contributed by atoms with E-state index in [4.69, 9.17) is 4.74 Å². The number of nitrogens with zero attached hydrogens (tertiary/aromatic N) is 1. The number of aliphatic hydroxyl groups is 1. The summed E-state index contributed by atoms with van der Waals surface area (Å²) in [5.41, 5.74) is 3.30. The van der Waals surface area contributed by atoms with Crippen LogP contribution in [0.25, 0.3) is 11.1 Å². The predicted molar refractivity (Wildman–Crippen MR) is 111 cm³/mol. The smallest absolute Gasteiger partial charge is 0.246 e. The van der Waals surface area contributed by atoms with Crippen LogP contribution in [0.2, 0.25) is 0 Å². The van der Waals surface area contributed by atoms with Gasteiger partial charge in [0.25, 0.3) is 0 Å². The van der Waals surface area contributed by atoms with Crippen LogP contribution in [0, 0.1) is 0 Å². The molecule has 0 aliphatic carbocycles. The lowest BCUT2D eigenvalue weighted by molar-refractivity contribution is -0.150. The Kier molecular flexibility index (Phi) is 7.01. The Bertz CT molecular complexity index is 823. The average molecular weight is 396 g/mol. The van der Waals surface area contributed by atoms with E-state index in [1.54, 1.807) is 11.8 Å². The van der Waals surface area contributed by atoms with Crippen LogP contribution < -0.4 is 5.32 Å². The molecule has 2 aromatic rings. The summed E-state index contributed by atoms with van der Waals surface area (Å²) in [5, 5.41) is 12.8. The molecule has 1 saturated heterocycles. The van der Waals surface area contributed by atoms with Crippen LogP contribution in [0.15, 0.2) is 54.6 Å². The van der Waals surface area contributed by atoms with Gasteiger partial charge in [0.05, 0.1) is 18.7 Å². The van der Waals surface area contributed by atoms with Crippen molar-refractivity contribution in [3.05, 3.63) is 60.2 Å². The van der Waals surface area contributed by atoms with Gasteiger partial charge in [0, 0.05) is 26.0 Å². The molecule has 1 aliphatic rings. The molecule has 1 heterocycles. The van der Waals surface area contributed by atoms with Crippen molar-refractivity contribution in [1.29, 1.82) is 0 Å². The standard InChI is InChI=1S/C23H28N2O4/c1-3-22(28)25-19(13-24-21(27)15-29-2)23(20(25)14-26)18-11-9-17(10-12-18)16-7-5-4-6-8-16/h4-12,19-20,23,26H,3,13-15H2,1-2H3,(H,24,27)/t19-,20-,23+/m0/s1. The number of carbonyl (C=O) groups is 2. The highest BCUT2D eigenvalue weighted by atomic mass is 16.5. The van der Waals surface area contributed by atoms with Crippen molar-refractivity contribution in [1.82, 2.24) is 10.2 Å². The van der Waals surface area contributed by atoms with Gasteiger partial charge in [0.1, 0.15) is 6.61 Å². The highest BCUT2D eigenvalue weighted by molar-refractivity contribution is 5.79. The molecule has 29 heavy (non-hydrogen) atoms. The number of benzene rings is 2. The van der Waals surface area contributed by atoms with Gasteiger partial charge in [0.15, 0.2) is 0 Å². The number of likely N-dealkylation sites (tertiary alicyclic amines) is 1. The molecule has 0 saturated carbocycles. The fourth-order valence-corrected chi connectivity index (χ4v) is 4.10. The van der Waals surface area contributed by atoms with Crippen LogP contribution >= 0.6 is 0 Å². The zero-order valence-electron chi connectivity index (χ0n) is 16.9. The molecule has 2 aromatic carbocycles. The summed E-state index contributed by atoms with van der Waals surface area (Å²) in [5.74, 6) is -0.280. The monoisotopic (exact) mass is 396 g/mol. The lowest BCUT2D eigenvalue weighted by atomic mass is 9.74. The first-order valence-corrected chi connectivity index (χ1v) is 9.93. The summed E-state index contributed by atoms with van der Waals surface area (Å²) < 4.78 is 4.86. The topological polar surface area (TPSA) is 78.9 Å². The van der Waals surface area contributed by atoms with Gasteiger partial charge in [-0.15, -0.1) is 0 Å². The Hall–Kier alpha value is -2.70. The van der Waals surface area contributed by atoms with Gasteiger partial charge >= 0.3 is 0 Å². The number of aliphatic hydroxyl groups excluding tert-OH is 1. The van der Waals surface area contributed by atoms with E-state index in [1.165, 1.54) is 7.11 Å². The Balaban J connectivity index is 1.81. The number of amides is 2. The van der Waals surface area contributed by atoms with Crippen LogP contribution in [0.1, 0.15) is 24.8 Å². The Labute approximate surface area is 171 Å². The van der Waals surface area contributed by atoms with Gasteiger partial charge in [-0.2, -0.15) is 0 Å². The van der Waals surface area contributed by atoms with E-state index in [9.17, 15) is 14.7 Å². The van der Waals surface area contributed by atoms with E-state index >= 15 is 0 Å². The average Bonchev–Trinajstić information content (AvgIpc) is 2.74. The molecular weight excluding hydrogens is 368 g/mol. The highest BCUT2D eigenvalue weighted by Crippen LogP contribution is 2.41. The summed E-state index contributed by atoms with van der Waals surface area (Å²) in [6, 6.07) is 17.9. The molecule has 0 unspecified atom stereocenters. The van der Waals surface area contributed by atoms with Gasteiger partial charge in [-0.1, -0.05) is 61.5 Å². The number of hydrogen-bond acceptors (Lipinski definition) is 4. The van der Waals surface area contributed by atoms with Crippen molar-refractivity contribution in [2.75, 3.05) is 26.9 Å². The number of hydrogen-bond donors (Lipinski definition) is 2. The van der Waals surface area contributed by atoms with Crippen LogP contribution in [0.4, 0.5) is 0 Å². The predicted octanol–water partition coefficient (Wildman–Crippen LogP) is 2.18. The first-order chi connectivity index (χ1) is 14.1. The third kappa shape index (κ3) is 4.49. The zero-order valence-corrected chi connectivity index (χ0v) is 16.9. The Morgan fingerprint density at radius 2 is 1.69 bits per heavy atom. The third-order valence-corrected chi connectivity index (χ3v) is 5.51. The molecule has 6 nitrogen and oxygen atoms in total. The molecule has 2 amide bonds. The fraction of sp³-hybridized carbons (Fsp3) is 0.391. The van der Waals surface area contributed by atoms with Crippen molar-refractivity contribution >= 4 is 11.8 Å². The SMILES string of the molecule is CCC(=O)N1[C@@H](CO)[C@H](c2ccc(-c3ccccc3)cc2)[C@@H]1CNC(=O)COC. The van der Waals surface area contributed by atoms with Gasteiger partial charge in [-0.05, 0) is 16.7 Å². The van der Waals surface area contributed by atoms with E-state index in [0.717, 1.165) is 16.7 Å². The molecule has 0 aromatic heterocycles. The van der Waals surface area contributed by atoms with E-state index in [1.807, 2.05) is 30.3 Å². The fourth-order valence-electron chi connectivity index (χ4n) is 4.10. The molecule has 3 rings (SSSR count). The van der Waals surface area contributed by atoms with Crippen molar-refractivity contribution in [3.63, 3.8) is 0 Å². The van der Waals surface area contributed by atoms with Gasteiger partial charge in [-0.3, -0.25) is 9.59 Å². The van der Waals surface area contributed by atoms with E-state index in [0.29, 0.717) is 13.0 Å². The molecule has 6 heteroatoms. The minimum Gasteiger partial charge on any atom is -0.394 e. The lowest BCUT2D eigenvalue weighted by Crippen LogP contribution is -2.68. The van der Waals surface area contributed by atoms with Crippen LogP contribution in [0.5, 0.6) is 0 Å². The number of rotatable bonds is 8. The minimum atomic E-state index is -0.283. The van der Waals surface area contributed by atoms with Crippen molar-refractivity contribution < 1.29 is 19.4 Å². The molecule has 3 atom stereocenters. The van der Waals surface area contributed by atoms with E-state index in [-0.39, 0.29) is 43.0 Å². The summed E-state index contributed by atoms with van der Waals surface area (Å²) >= 11 is 0. The van der Waals surface area contributed by atoms with Crippen molar-refractivity contribution in [2.24, 2.45) is 0 Å².